The van der Waals surface area contributed by atoms with Crippen LogP contribution in [-0.4, -0.2) is 31.8 Å². The van der Waals surface area contributed by atoms with E-state index in [1.54, 1.807) is 49.9 Å². The highest BCUT2D eigenvalue weighted by molar-refractivity contribution is 8.00. The monoisotopic (exact) mass is 527 g/mol. The van der Waals surface area contributed by atoms with E-state index in [1.165, 1.54) is 12.1 Å². The second-order valence-corrected chi connectivity index (χ2v) is 9.84. The maximum Gasteiger partial charge on any atom is 0.179 e. The predicted octanol–water partition coefficient (Wildman–Crippen LogP) is 5.59. The molecule has 3 N–H and O–H groups in total. The Hall–Kier alpha value is -3.39. The Labute approximate surface area is 218 Å². The van der Waals surface area contributed by atoms with Crippen LogP contribution in [0.2, 0.25) is 0 Å². The molecule has 188 valence electrons. The van der Waals surface area contributed by atoms with Gasteiger partial charge in [-0.15, -0.1) is 11.8 Å². The highest BCUT2D eigenvalue weighted by Crippen LogP contribution is 2.43. The molecule has 7 nitrogen and oxygen atoms in total. The third-order valence-corrected chi connectivity index (χ3v) is 6.85. The highest BCUT2D eigenvalue weighted by atomic mass is 32.2. The average molecular weight is 528 g/mol. The smallest absolute Gasteiger partial charge is 0.179 e. The largest absolute Gasteiger partial charge is 0.493 e. The van der Waals surface area contributed by atoms with Crippen LogP contribution in [0.4, 0.5) is 10.1 Å². The van der Waals surface area contributed by atoms with E-state index in [4.69, 9.17) is 25.2 Å². The molecule has 0 amide bonds. The molecule has 0 spiro atoms. The molecule has 0 aliphatic carbocycles. The quantitative estimate of drug-likeness (QED) is 0.286. The van der Waals surface area contributed by atoms with Crippen molar-refractivity contribution in [3.8, 4) is 23.3 Å². The minimum Gasteiger partial charge on any atom is -0.493 e. The normalized spacial score (nSPS) is 14.3. The van der Waals surface area contributed by atoms with Crippen molar-refractivity contribution in [2.45, 2.75) is 28.3 Å². The van der Waals surface area contributed by atoms with E-state index < -0.39 is 11.9 Å². The standard InChI is InChI=1S/C17H14FNO2S.C9H12N2O2S/c1-2-22-14-6-4-13(5-7-14)17(11-20)21-16-8-3-12(10-19)9-15(16)18;1-12-6-3-5-8(4-7(6)13-2)14-9(10)11-5/h3-9,11,17H,2H2,1H3;3-4,9,11H,10H2,1-2H3. The number of aldehydes is 1. The number of carbonyl (C=O) groups excluding carboxylic acids is 1. The zero-order valence-corrected chi connectivity index (χ0v) is 21.6. The Kier molecular flexibility index (Phi) is 9.87. The maximum absolute atomic E-state index is 13.8. The van der Waals surface area contributed by atoms with E-state index in [1.807, 2.05) is 30.3 Å². The molecule has 0 radical (unpaired) electrons. The topological polar surface area (TPSA) is 107 Å². The lowest BCUT2D eigenvalue weighted by Gasteiger charge is -2.15. The molecule has 3 aromatic carbocycles. The van der Waals surface area contributed by atoms with Crippen LogP contribution in [0, 0.1) is 17.1 Å². The molecule has 0 saturated carbocycles. The van der Waals surface area contributed by atoms with Crippen LogP contribution in [0.15, 0.2) is 64.4 Å². The van der Waals surface area contributed by atoms with Crippen LogP contribution in [0.3, 0.4) is 0 Å². The van der Waals surface area contributed by atoms with Crippen molar-refractivity contribution in [2.75, 3.05) is 25.3 Å². The maximum atomic E-state index is 13.8. The number of methoxy groups -OCH3 is 2. The highest BCUT2D eigenvalue weighted by Gasteiger charge is 2.21. The van der Waals surface area contributed by atoms with E-state index in [0.29, 0.717) is 17.6 Å². The fourth-order valence-corrected chi connectivity index (χ4v) is 4.83. The number of benzene rings is 3. The van der Waals surface area contributed by atoms with Crippen molar-refractivity contribution in [1.82, 2.24) is 0 Å². The Bertz CT molecular complexity index is 1200. The first-order valence-corrected chi connectivity index (χ1v) is 12.8. The summed E-state index contributed by atoms with van der Waals surface area (Å²) in [4.78, 5) is 13.4. The molecular weight excluding hydrogens is 501 g/mol. The number of halogens is 1. The SMILES string of the molecule is CCSc1ccc(C(C=O)Oc2ccc(C#N)cc2F)cc1.COc1cc2c(cc1OC)SC(N)N2. The van der Waals surface area contributed by atoms with Gasteiger partial charge in [0, 0.05) is 15.9 Å². The molecule has 0 fully saturated rings. The molecule has 2 unspecified atom stereocenters. The second-order valence-electron chi connectivity index (χ2n) is 7.32. The van der Waals surface area contributed by atoms with E-state index in [9.17, 15) is 9.18 Å². The summed E-state index contributed by atoms with van der Waals surface area (Å²) in [5.74, 6) is 1.69. The number of hydrogen-bond donors (Lipinski definition) is 2. The molecule has 36 heavy (non-hydrogen) atoms. The number of rotatable bonds is 8. The zero-order chi connectivity index (χ0) is 26.1. The van der Waals surface area contributed by atoms with Crippen LogP contribution >= 0.6 is 23.5 Å². The molecule has 0 aromatic heterocycles. The molecule has 1 aliphatic heterocycles. The molecule has 3 aromatic rings. The van der Waals surface area contributed by atoms with Crippen molar-refractivity contribution in [2.24, 2.45) is 5.73 Å². The van der Waals surface area contributed by atoms with Gasteiger partial charge in [0.15, 0.2) is 35.5 Å². The summed E-state index contributed by atoms with van der Waals surface area (Å²) in [5, 5.41) is 11.8. The number of nitrogens with two attached hydrogens (primary N) is 1. The number of nitrogens with zero attached hydrogens (tertiary/aromatic N) is 1. The number of hydrogen-bond acceptors (Lipinski definition) is 9. The van der Waals surface area contributed by atoms with Gasteiger partial charge < -0.3 is 25.3 Å². The van der Waals surface area contributed by atoms with Gasteiger partial charge in [-0.2, -0.15) is 5.26 Å². The first-order valence-electron chi connectivity index (χ1n) is 10.9. The van der Waals surface area contributed by atoms with E-state index in [-0.39, 0.29) is 16.8 Å². The molecular formula is C26H26FN3O4S2. The summed E-state index contributed by atoms with van der Waals surface area (Å²) in [6.07, 6.45) is -0.261. The van der Waals surface area contributed by atoms with Crippen LogP contribution in [0.5, 0.6) is 17.2 Å². The van der Waals surface area contributed by atoms with Crippen molar-refractivity contribution < 1.29 is 23.4 Å². The van der Waals surface area contributed by atoms with Crippen molar-refractivity contribution in [1.29, 1.82) is 5.26 Å². The summed E-state index contributed by atoms with van der Waals surface area (Å²) in [6.45, 7) is 2.06. The first kappa shape index (κ1) is 27.2. The minimum atomic E-state index is -0.886. The molecule has 1 heterocycles. The van der Waals surface area contributed by atoms with Gasteiger partial charge >= 0.3 is 0 Å². The van der Waals surface area contributed by atoms with Crippen LogP contribution in [-0.2, 0) is 4.79 Å². The Morgan fingerprint density at radius 2 is 1.83 bits per heavy atom. The molecule has 10 heteroatoms. The molecule has 0 saturated heterocycles. The van der Waals surface area contributed by atoms with Gasteiger partial charge in [-0.1, -0.05) is 30.8 Å². The van der Waals surface area contributed by atoms with Crippen LogP contribution in [0.1, 0.15) is 24.2 Å². The summed E-state index contributed by atoms with van der Waals surface area (Å²) >= 11 is 3.26. The van der Waals surface area contributed by atoms with Crippen LogP contribution in [0.25, 0.3) is 0 Å². The van der Waals surface area contributed by atoms with E-state index in [0.717, 1.165) is 33.0 Å². The predicted molar refractivity (Wildman–Crippen MR) is 140 cm³/mol. The summed E-state index contributed by atoms with van der Waals surface area (Å²) in [5.41, 5.74) is 7.51. The molecule has 0 bridgehead atoms. The summed E-state index contributed by atoms with van der Waals surface area (Å²) < 4.78 is 29.6. The molecule has 4 rings (SSSR count). The number of ether oxygens (including phenoxy) is 3. The van der Waals surface area contributed by atoms with E-state index >= 15 is 0 Å². The number of anilines is 1. The second kappa shape index (κ2) is 13.1. The third kappa shape index (κ3) is 6.85. The van der Waals surface area contributed by atoms with Gasteiger partial charge in [0.1, 0.15) is 5.50 Å². The molecule has 1 aliphatic rings. The van der Waals surface area contributed by atoms with E-state index in [2.05, 4.69) is 12.2 Å². The number of fused-ring (bicyclic) bond motifs is 1. The zero-order valence-electron chi connectivity index (χ0n) is 20.0. The van der Waals surface area contributed by atoms with Gasteiger partial charge in [-0.25, -0.2) is 4.39 Å². The fourth-order valence-electron chi connectivity index (χ4n) is 3.29. The van der Waals surface area contributed by atoms with Crippen molar-refractivity contribution in [3.63, 3.8) is 0 Å². The average Bonchev–Trinajstić information content (AvgIpc) is 3.27. The van der Waals surface area contributed by atoms with Gasteiger partial charge in [0.05, 0.1) is 31.5 Å². The van der Waals surface area contributed by atoms with Gasteiger partial charge in [0.2, 0.25) is 0 Å². The van der Waals surface area contributed by atoms with Gasteiger partial charge in [0.25, 0.3) is 0 Å². The van der Waals surface area contributed by atoms with Crippen molar-refractivity contribution in [3.05, 3.63) is 71.5 Å². The first-order chi connectivity index (χ1) is 17.4. The van der Waals surface area contributed by atoms with Gasteiger partial charge in [-0.3, -0.25) is 4.79 Å². The Morgan fingerprint density at radius 1 is 1.14 bits per heavy atom. The third-order valence-electron chi connectivity index (χ3n) is 5.00. The Balaban J connectivity index is 0.000000221. The summed E-state index contributed by atoms with van der Waals surface area (Å²) in [6, 6.07) is 16.9. The number of nitrogens with one attached hydrogen (secondary N) is 1. The van der Waals surface area contributed by atoms with Crippen LogP contribution < -0.4 is 25.3 Å². The number of nitriles is 1. The van der Waals surface area contributed by atoms with Crippen molar-refractivity contribution >= 4 is 35.5 Å². The lowest BCUT2D eigenvalue weighted by Crippen LogP contribution is -2.20. The summed E-state index contributed by atoms with van der Waals surface area (Å²) in [7, 11) is 3.24. The lowest BCUT2D eigenvalue weighted by atomic mass is 10.1. The number of thioether (sulfide) groups is 2. The number of carbonyl (C=O) groups is 1. The lowest BCUT2D eigenvalue weighted by molar-refractivity contribution is -0.114. The minimum absolute atomic E-state index is 0.0527. The fraction of sp³-hybridized carbons (Fsp3) is 0.231. The Morgan fingerprint density at radius 3 is 2.42 bits per heavy atom. The van der Waals surface area contributed by atoms with Gasteiger partial charge in [-0.05, 0) is 47.7 Å². The molecule has 2 atom stereocenters.